The van der Waals surface area contributed by atoms with E-state index >= 15 is 0 Å². The van der Waals surface area contributed by atoms with Crippen molar-refractivity contribution >= 4 is 17.0 Å². The van der Waals surface area contributed by atoms with Gasteiger partial charge in [0.2, 0.25) is 0 Å². The lowest BCUT2D eigenvalue weighted by molar-refractivity contribution is 0.237. The summed E-state index contributed by atoms with van der Waals surface area (Å²) >= 11 is 0. The predicted molar refractivity (Wildman–Crippen MR) is 76.1 cm³/mol. The lowest BCUT2D eigenvalue weighted by Gasteiger charge is -2.26. The van der Waals surface area contributed by atoms with E-state index in [1.165, 1.54) is 32.4 Å². The fraction of sp³-hybridized carbons (Fsp3) is 0.500. The Balaban J connectivity index is 1.56. The second-order valence-corrected chi connectivity index (χ2v) is 4.92. The summed E-state index contributed by atoms with van der Waals surface area (Å²) in [7, 11) is 0. The molecule has 0 aliphatic carbocycles. The molecule has 0 aromatic carbocycles. The molecule has 0 amide bonds. The van der Waals surface area contributed by atoms with Crippen LogP contribution < -0.4 is 5.32 Å². The second kappa shape index (κ2) is 5.93. The van der Waals surface area contributed by atoms with E-state index in [9.17, 15) is 0 Å². The van der Waals surface area contributed by atoms with Gasteiger partial charge in [-0.15, -0.1) is 0 Å². The number of hydrogen-bond donors (Lipinski definition) is 1. The van der Waals surface area contributed by atoms with Gasteiger partial charge in [-0.1, -0.05) is 6.42 Å². The molecule has 1 saturated heterocycles. The van der Waals surface area contributed by atoms with Crippen LogP contribution in [0.1, 0.15) is 19.3 Å². The van der Waals surface area contributed by atoms with Gasteiger partial charge in [-0.25, -0.2) is 9.97 Å². The highest BCUT2D eigenvalue weighted by atomic mass is 15.1. The van der Waals surface area contributed by atoms with E-state index in [0.717, 1.165) is 24.4 Å². The van der Waals surface area contributed by atoms with Gasteiger partial charge in [0.25, 0.3) is 0 Å². The molecule has 0 radical (unpaired) electrons. The zero-order valence-corrected chi connectivity index (χ0v) is 11.0. The van der Waals surface area contributed by atoms with Crippen molar-refractivity contribution in [3.05, 3.63) is 24.5 Å². The van der Waals surface area contributed by atoms with Crippen molar-refractivity contribution in [3.8, 4) is 0 Å². The van der Waals surface area contributed by atoms with Crippen molar-refractivity contribution < 1.29 is 0 Å². The highest BCUT2D eigenvalue weighted by Gasteiger charge is 2.09. The molecule has 2 aromatic heterocycles. The Morgan fingerprint density at radius 2 is 1.89 bits per heavy atom. The molecular formula is C14H19N5. The molecule has 5 heteroatoms. The normalized spacial score (nSPS) is 16.6. The van der Waals surface area contributed by atoms with E-state index in [-0.39, 0.29) is 0 Å². The van der Waals surface area contributed by atoms with Crippen molar-refractivity contribution in [2.75, 3.05) is 31.5 Å². The molecule has 0 bridgehead atoms. The molecule has 0 saturated carbocycles. The third kappa shape index (κ3) is 3.17. The topological polar surface area (TPSA) is 53.9 Å². The van der Waals surface area contributed by atoms with Gasteiger partial charge in [0.05, 0.1) is 0 Å². The van der Waals surface area contributed by atoms with Gasteiger partial charge in [0, 0.05) is 25.5 Å². The highest BCUT2D eigenvalue weighted by Crippen LogP contribution is 2.11. The largest absolute Gasteiger partial charge is 0.369 e. The zero-order valence-electron chi connectivity index (χ0n) is 11.0. The number of rotatable bonds is 4. The average molecular weight is 257 g/mol. The lowest BCUT2D eigenvalue weighted by atomic mass is 10.1. The molecular weight excluding hydrogens is 238 g/mol. The van der Waals surface area contributed by atoms with Gasteiger partial charge in [-0.3, -0.25) is 4.98 Å². The summed E-state index contributed by atoms with van der Waals surface area (Å²) in [5.41, 5.74) is 1.54. The molecule has 1 aliphatic rings. The number of fused-ring (bicyclic) bond motifs is 1. The number of hydrogen-bond acceptors (Lipinski definition) is 5. The highest BCUT2D eigenvalue weighted by molar-refractivity contribution is 5.71. The number of anilines is 1. The number of nitrogens with zero attached hydrogens (tertiary/aromatic N) is 4. The Bertz CT molecular complexity index is 536. The van der Waals surface area contributed by atoms with Crippen molar-refractivity contribution in [2.45, 2.75) is 19.3 Å². The van der Waals surface area contributed by atoms with E-state index in [2.05, 4.69) is 25.2 Å². The Morgan fingerprint density at radius 1 is 1.05 bits per heavy atom. The number of likely N-dealkylation sites (tertiary alicyclic amines) is 1. The van der Waals surface area contributed by atoms with Gasteiger partial charge < -0.3 is 10.2 Å². The lowest BCUT2D eigenvalue weighted by Crippen LogP contribution is -2.33. The fourth-order valence-corrected chi connectivity index (χ4v) is 2.48. The fourth-order valence-electron chi connectivity index (χ4n) is 2.48. The van der Waals surface area contributed by atoms with Crippen LogP contribution in [0.5, 0.6) is 0 Å². The maximum atomic E-state index is 4.45. The minimum absolute atomic E-state index is 0.700. The molecule has 2 aromatic rings. The first-order valence-electron chi connectivity index (χ1n) is 6.96. The van der Waals surface area contributed by atoms with Crippen molar-refractivity contribution in [3.63, 3.8) is 0 Å². The Morgan fingerprint density at radius 3 is 2.79 bits per heavy atom. The number of nitrogens with one attached hydrogen (secondary N) is 1. The van der Waals surface area contributed by atoms with Crippen molar-refractivity contribution in [1.82, 2.24) is 19.9 Å². The van der Waals surface area contributed by atoms with Crippen LogP contribution in [0.15, 0.2) is 24.5 Å². The van der Waals surface area contributed by atoms with Crippen LogP contribution in [0, 0.1) is 0 Å². The van der Waals surface area contributed by atoms with Gasteiger partial charge in [0.15, 0.2) is 5.65 Å². The Labute approximate surface area is 113 Å². The molecule has 0 spiro atoms. The summed E-state index contributed by atoms with van der Waals surface area (Å²) in [6.07, 6.45) is 7.42. The maximum absolute atomic E-state index is 4.45. The first-order chi connectivity index (χ1) is 9.42. The average Bonchev–Trinajstić information content (AvgIpc) is 2.48. The molecule has 1 fully saturated rings. The van der Waals surface area contributed by atoms with Crippen LogP contribution >= 0.6 is 0 Å². The van der Waals surface area contributed by atoms with Crippen LogP contribution in [0.2, 0.25) is 0 Å². The summed E-state index contributed by atoms with van der Waals surface area (Å²) in [5.74, 6) is 0.880. The van der Waals surface area contributed by atoms with Crippen LogP contribution in [0.25, 0.3) is 11.2 Å². The van der Waals surface area contributed by atoms with Crippen LogP contribution in [0.4, 0.5) is 5.82 Å². The van der Waals surface area contributed by atoms with Gasteiger partial charge in [0.1, 0.15) is 11.3 Å². The summed E-state index contributed by atoms with van der Waals surface area (Å²) < 4.78 is 0. The summed E-state index contributed by atoms with van der Waals surface area (Å²) in [4.78, 5) is 15.4. The smallest absolute Gasteiger partial charge is 0.180 e. The van der Waals surface area contributed by atoms with Crippen LogP contribution in [-0.4, -0.2) is 46.0 Å². The second-order valence-electron chi connectivity index (χ2n) is 4.92. The minimum Gasteiger partial charge on any atom is -0.369 e. The Kier molecular flexibility index (Phi) is 3.83. The van der Waals surface area contributed by atoms with Crippen molar-refractivity contribution in [1.29, 1.82) is 0 Å². The summed E-state index contributed by atoms with van der Waals surface area (Å²) in [6.45, 7) is 4.48. The summed E-state index contributed by atoms with van der Waals surface area (Å²) in [5, 5.41) is 3.36. The molecule has 0 unspecified atom stereocenters. The number of pyridine rings is 1. The van der Waals surface area contributed by atoms with E-state index in [4.69, 9.17) is 0 Å². The van der Waals surface area contributed by atoms with Gasteiger partial charge in [-0.05, 0) is 38.1 Å². The quantitative estimate of drug-likeness (QED) is 0.907. The molecule has 3 rings (SSSR count). The Hall–Kier alpha value is -1.75. The van der Waals surface area contributed by atoms with E-state index in [1.54, 1.807) is 12.4 Å². The predicted octanol–water partition coefficient (Wildman–Crippen LogP) is 1.92. The maximum Gasteiger partial charge on any atom is 0.180 e. The van der Waals surface area contributed by atoms with Gasteiger partial charge >= 0.3 is 0 Å². The van der Waals surface area contributed by atoms with E-state index in [0.29, 0.717) is 5.65 Å². The van der Waals surface area contributed by atoms with Gasteiger partial charge in [-0.2, -0.15) is 0 Å². The van der Waals surface area contributed by atoms with E-state index in [1.807, 2.05) is 12.1 Å². The SMILES string of the molecule is c1cnc2nc(NCCN3CCCCC3)ccc2n1. The zero-order chi connectivity index (χ0) is 12.9. The number of aromatic nitrogens is 3. The summed E-state index contributed by atoms with van der Waals surface area (Å²) in [6, 6.07) is 3.92. The molecule has 1 N–H and O–H groups in total. The minimum atomic E-state index is 0.700. The third-order valence-electron chi connectivity index (χ3n) is 3.51. The molecule has 1 aliphatic heterocycles. The monoisotopic (exact) mass is 257 g/mol. The van der Waals surface area contributed by atoms with Crippen LogP contribution in [-0.2, 0) is 0 Å². The van der Waals surface area contributed by atoms with Crippen LogP contribution in [0.3, 0.4) is 0 Å². The third-order valence-corrected chi connectivity index (χ3v) is 3.51. The molecule has 5 nitrogen and oxygen atoms in total. The first-order valence-corrected chi connectivity index (χ1v) is 6.96. The first kappa shape index (κ1) is 12.3. The van der Waals surface area contributed by atoms with Crippen molar-refractivity contribution in [2.24, 2.45) is 0 Å². The molecule has 19 heavy (non-hydrogen) atoms. The molecule has 0 atom stereocenters. The molecule has 100 valence electrons. The molecule has 3 heterocycles. The van der Waals surface area contributed by atoms with E-state index < -0.39 is 0 Å². The standard InChI is InChI=1S/C14H19N5/c1-2-9-19(10-3-1)11-8-16-13-5-4-12-14(18-13)17-7-6-15-12/h4-7H,1-3,8-11H2,(H,16,17,18). The number of piperidine rings is 1.